The summed E-state index contributed by atoms with van der Waals surface area (Å²) in [4.78, 5) is 14.2. The zero-order valence-corrected chi connectivity index (χ0v) is 12.2. The van der Waals surface area contributed by atoms with E-state index in [1.807, 2.05) is 13.0 Å². The molecule has 7 heteroatoms. The van der Waals surface area contributed by atoms with E-state index in [2.05, 4.69) is 25.6 Å². The molecule has 2 N–H and O–H groups in total. The van der Waals surface area contributed by atoms with Crippen molar-refractivity contribution in [1.29, 1.82) is 0 Å². The Labute approximate surface area is 122 Å². The van der Waals surface area contributed by atoms with Crippen LogP contribution in [0.25, 0.3) is 0 Å². The highest BCUT2D eigenvalue weighted by molar-refractivity contribution is 5.92. The van der Waals surface area contributed by atoms with Crippen LogP contribution in [0, 0.1) is 13.8 Å². The van der Waals surface area contributed by atoms with Crippen molar-refractivity contribution >= 4 is 11.7 Å². The Morgan fingerprint density at radius 3 is 2.71 bits per heavy atom. The predicted octanol–water partition coefficient (Wildman–Crippen LogP) is 1.41. The summed E-state index contributed by atoms with van der Waals surface area (Å²) in [5.41, 5.74) is 1.40. The second-order valence-corrected chi connectivity index (χ2v) is 5.47. The Hall–Kier alpha value is -2.31. The van der Waals surface area contributed by atoms with Crippen LogP contribution in [-0.4, -0.2) is 40.4 Å². The number of aromatic amines is 1. The third-order valence-corrected chi connectivity index (χ3v) is 3.71. The molecule has 0 aliphatic carbocycles. The van der Waals surface area contributed by atoms with E-state index in [1.165, 1.54) is 0 Å². The highest BCUT2D eigenvalue weighted by Gasteiger charge is 2.23. The van der Waals surface area contributed by atoms with Crippen molar-refractivity contribution in [2.75, 3.05) is 18.0 Å². The number of rotatable bonds is 3. The number of carbonyl (C=O) groups excluding carboxylic acids is 1. The van der Waals surface area contributed by atoms with Crippen molar-refractivity contribution in [3.05, 3.63) is 29.3 Å². The molecule has 0 unspecified atom stereocenters. The van der Waals surface area contributed by atoms with Gasteiger partial charge in [0.15, 0.2) is 11.5 Å². The monoisotopic (exact) mass is 289 g/mol. The molecule has 0 saturated carbocycles. The maximum Gasteiger partial charge on any atom is 0.273 e. The highest BCUT2D eigenvalue weighted by atomic mass is 16.5. The van der Waals surface area contributed by atoms with Crippen molar-refractivity contribution in [2.24, 2.45) is 0 Å². The van der Waals surface area contributed by atoms with E-state index in [1.54, 1.807) is 13.0 Å². The number of aromatic nitrogens is 3. The number of nitrogens with zero attached hydrogens (tertiary/aromatic N) is 3. The lowest BCUT2D eigenvalue weighted by atomic mass is 10.0. The lowest BCUT2D eigenvalue weighted by molar-refractivity contribution is 0.0922. The number of H-pyrrole nitrogens is 1. The van der Waals surface area contributed by atoms with Gasteiger partial charge in [-0.2, -0.15) is 5.10 Å². The molecule has 2 aromatic rings. The molecule has 0 bridgehead atoms. The zero-order valence-electron chi connectivity index (χ0n) is 12.2. The van der Waals surface area contributed by atoms with Crippen LogP contribution in [-0.2, 0) is 0 Å². The van der Waals surface area contributed by atoms with Crippen LogP contribution in [0.15, 0.2) is 16.7 Å². The van der Waals surface area contributed by atoms with Crippen molar-refractivity contribution < 1.29 is 9.32 Å². The molecule has 1 saturated heterocycles. The Bertz CT molecular complexity index is 625. The first kappa shape index (κ1) is 13.7. The highest BCUT2D eigenvalue weighted by Crippen LogP contribution is 2.18. The van der Waals surface area contributed by atoms with Crippen molar-refractivity contribution in [3.8, 4) is 0 Å². The number of nitrogens with one attached hydrogen (secondary N) is 2. The fourth-order valence-electron chi connectivity index (χ4n) is 2.55. The van der Waals surface area contributed by atoms with E-state index >= 15 is 0 Å². The number of hydrogen-bond donors (Lipinski definition) is 2. The number of amides is 1. The Balaban J connectivity index is 1.53. The topological polar surface area (TPSA) is 87.1 Å². The number of piperidine rings is 1. The number of hydrogen-bond acceptors (Lipinski definition) is 5. The third kappa shape index (κ3) is 3.07. The van der Waals surface area contributed by atoms with Crippen molar-refractivity contribution in [3.63, 3.8) is 0 Å². The molecular weight excluding hydrogens is 270 g/mol. The average Bonchev–Trinajstić information content (AvgIpc) is 3.08. The average molecular weight is 289 g/mol. The van der Waals surface area contributed by atoms with Gasteiger partial charge in [-0.05, 0) is 26.7 Å². The summed E-state index contributed by atoms with van der Waals surface area (Å²) in [6.45, 7) is 5.53. The number of carbonyl (C=O) groups is 1. The summed E-state index contributed by atoms with van der Waals surface area (Å²) in [5, 5.41) is 14.0. The lowest BCUT2D eigenvalue weighted by Crippen LogP contribution is -2.44. The van der Waals surface area contributed by atoms with Crippen LogP contribution in [0.1, 0.15) is 34.8 Å². The Morgan fingerprint density at radius 1 is 1.38 bits per heavy atom. The summed E-state index contributed by atoms with van der Waals surface area (Å²) in [5.74, 6) is 1.45. The second-order valence-electron chi connectivity index (χ2n) is 5.47. The first-order chi connectivity index (χ1) is 10.1. The summed E-state index contributed by atoms with van der Waals surface area (Å²) < 4.78 is 4.92. The molecule has 0 radical (unpaired) electrons. The summed E-state index contributed by atoms with van der Waals surface area (Å²) in [6.07, 6.45) is 1.79. The number of aryl methyl sites for hydroxylation is 2. The van der Waals surface area contributed by atoms with Gasteiger partial charge in [0.2, 0.25) is 0 Å². The predicted molar refractivity (Wildman–Crippen MR) is 77.3 cm³/mol. The van der Waals surface area contributed by atoms with E-state index < -0.39 is 0 Å². The van der Waals surface area contributed by atoms with E-state index in [0.717, 1.165) is 37.4 Å². The van der Waals surface area contributed by atoms with E-state index in [4.69, 9.17) is 4.52 Å². The van der Waals surface area contributed by atoms with Gasteiger partial charge in [0.25, 0.3) is 5.91 Å². The van der Waals surface area contributed by atoms with Gasteiger partial charge in [-0.15, -0.1) is 0 Å². The van der Waals surface area contributed by atoms with Crippen LogP contribution in [0.3, 0.4) is 0 Å². The van der Waals surface area contributed by atoms with Crippen LogP contribution in [0.5, 0.6) is 0 Å². The molecule has 3 heterocycles. The van der Waals surface area contributed by atoms with Crippen molar-refractivity contribution in [2.45, 2.75) is 32.7 Å². The molecule has 0 aromatic carbocycles. The Kier molecular flexibility index (Phi) is 3.64. The van der Waals surface area contributed by atoms with Gasteiger partial charge in [0.1, 0.15) is 5.76 Å². The van der Waals surface area contributed by atoms with Gasteiger partial charge in [-0.3, -0.25) is 9.89 Å². The molecule has 1 fully saturated rings. The molecule has 2 aromatic heterocycles. The standard InChI is InChI=1S/C14H19N5O2/c1-9-7-13(17-16-9)19-5-3-11(4-6-19)15-14(20)12-8-10(2)21-18-12/h7-8,11H,3-6H2,1-2H3,(H,15,20)(H,16,17). The molecule has 3 rings (SSSR count). The molecule has 1 aliphatic rings. The second kappa shape index (κ2) is 5.59. The third-order valence-electron chi connectivity index (χ3n) is 3.71. The minimum atomic E-state index is -0.166. The van der Waals surface area contributed by atoms with Gasteiger partial charge >= 0.3 is 0 Å². The summed E-state index contributed by atoms with van der Waals surface area (Å²) in [7, 11) is 0. The van der Waals surface area contributed by atoms with Gasteiger partial charge in [-0.25, -0.2) is 0 Å². The van der Waals surface area contributed by atoms with Gasteiger partial charge in [0.05, 0.1) is 0 Å². The van der Waals surface area contributed by atoms with E-state index in [-0.39, 0.29) is 11.9 Å². The lowest BCUT2D eigenvalue weighted by Gasteiger charge is -2.32. The number of anilines is 1. The zero-order chi connectivity index (χ0) is 14.8. The van der Waals surface area contributed by atoms with E-state index in [0.29, 0.717) is 11.5 Å². The molecule has 21 heavy (non-hydrogen) atoms. The van der Waals surface area contributed by atoms with Crippen LogP contribution in [0.4, 0.5) is 5.82 Å². The molecular formula is C14H19N5O2. The smallest absolute Gasteiger partial charge is 0.273 e. The van der Waals surface area contributed by atoms with Gasteiger partial charge < -0.3 is 14.7 Å². The fourth-order valence-corrected chi connectivity index (χ4v) is 2.55. The minimum absolute atomic E-state index is 0.166. The van der Waals surface area contributed by atoms with Crippen LogP contribution in [0.2, 0.25) is 0 Å². The largest absolute Gasteiger partial charge is 0.361 e. The normalized spacial score (nSPS) is 16.2. The van der Waals surface area contributed by atoms with Gasteiger partial charge in [0, 0.05) is 37.0 Å². The summed E-state index contributed by atoms with van der Waals surface area (Å²) in [6, 6.07) is 3.86. The minimum Gasteiger partial charge on any atom is -0.361 e. The first-order valence-electron chi connectivity index (χ1n) is 7.13. The fraction of sp³-hybridized carbons (Fsp3) is 0.500. The van der Waals surface area contributed by atoms with Gasteiger partial charge in [-0.1, -0.05) is 5.16 Å². The summed E-state index contributed by atoms with van der Waals surface area (Å²) >= 11 is 0. The molecule has 0 spiro atoms. The van der Waals surface area contributed by atoms with Crippen LogP contribution >= 0.6 is 0 Å². The molecule has 0 atom stereocenters. The molecule has 1 aliphatic heterocycles. The Morgan fingerprint density at radius 2 is 2.14 bits per heavy atom. The van der Waals surface area contributed by atoms with E-state index in [9.17, 15) is 4.79 Å². The van der Waals surface area contributed by atoms with Crippen LogP contribution < -0.4 is 10.2 Å². The quantitative estimate of drug-likeness (QED) is 0.892. The SMILES string of the molecule is Cc1cc(N2CCC(NC(=O)c3cc(C)on3)CC2)n[nH]1. The molecule has 112 valence electrons. The first-order valence-corrected chi connectivity index (χ1v) is 7.13. The maximum absolute atomic E-state index is 12.0. The van der Waals surface area contributed by atoms with Crippen molar-refractivity contribution in [1.82, 2.24) is 20.7 Å². The molecule has 7 nitrogen and oxygen atoms in total. The molecule has 1 amide bonds. The maximum atomic E-state index is 12.0.